The van der Waals surface area contributed by atoms with Gasteiger partial charge in [-0.15, -0.1) is 0 Å². The molecule has 0 radical (unpaired) electrons. The van der Waals surface area contributed by atoms with Gasteiger partial charge in [-0.2, -0.15) is 17.5 Å². The summed E-state index contributed by atoms with van der Waals surface area (Å²) in [6, 6.07) is 9.58. The Balaban J connectivity index is 1.75. The number of benzene rings is 2. The lowest BCUT2D eigenvalue weighted by molar-refractivity contribution is -0.166. The topological polar surface area (TPSA) is 78.0 Å². The number of carbonyl (C=O) groups excluding carboxylic acids is 2. The molecular weight excluding hydrogens is 563 g/mol. The molecule has 0 spiro atoms. The molecule has 2 aliphatic heterocycles. The molecular formula is C24H25BrF3N3O4S. The maximum absolute atomic E-state index is 13.6. The minimum atomic E-state index is -4.71. The summed E-state index contributed by atoms with van der Waals surface area (Å²) in [4.78, 5) is 28.8. The van der Waals surface area contributed by atoms with E-state index in [4.69, 9.17) is 0 Å². The fraction of sp³-hybridized carbons (Fsp3) is 0.417. The minimum Gasteiger partial charge on any atom is -0.335 e. The predicted octanol–water partition coefficient (Wildman–Crippen LogP) is 3.88. The third kappa shape index (κ3) is 5.03. The van der Waals surface area contributed by atoms with Crippen molar-refractivity contribution in [1.82, 2.24) is 14.1 Å². The van der Waals surface area contributed by atoms with Crippen LogP contribution in [0.25, 0.3) is 0 Å². The van der Waals surface area contributed by atoms with Gasteiger partial charge in [-0.3, -0.25) is 9.59 Å². The maximum atomic E-state index is 13.6. The van der Waals surface area contributed by atoms with Crippen LogP contribution in [-0.2, 0) is 32.2 Å². The molecule has 0 aromatic heterocycles. The summed E-state index contributed by atoms with van der Waals surface area (Å²) in [6.45, 7) is 3.32. The second-order valence-corrected chi connectivity index (χ2v) is 11.9. The zero-order valence-corrected chi connectivity index (χ0v) is 22.0. The van der Waals surface area contributed by atoms with Crippen LogP contribution in [0.4, 0.5) is 13.2 Å². The van der Waals surface area contributed by atoms with Gasteiger partial charge in [-0.25, -0.2) is 8.42 Å². The summed E-state index contributed by atoms with van der Waals surface area (Å²) in [5, 5.41) is 0. The summed E-state index contributed by atoms with van der Waals surface area (Å²) in [7, 11) is -4.41. The molecule has 0 unspecified atom stereocenters. The van der Waals surface area contributed by atoms with E-state index in [0.29, 0.717) is 6.07 Å². The first-order chi connectivity index (χ1) is 16.8. The van der Waals surface area contributed by atoms with E-state index >= 15 is 0 Å². The number of nitrogens with zero attached hydrogens (tertiary/aromatic N) is 3. The molecule has 194 valence electrons. The first-order valence-electron chi connectivity index (χ1n) is 11.4. The Bertz CT molecular complexity index is 1270. The number of halogens is 4. The molecule has 2 aromatic carbocycles. The Kier molecular flexibility index (Phi) is 7.24. The van der Waals surface area contributed by atoms with Gasteiger partial charge in [0.25, 0.3) is 0 Å². The van der Waals surface area contributed by atoms with E-state index < -0.39 is 38.9 Å². The molecule has 2 aromatic rings. The Hall–Kier alpha value is -2.44. The standard InChI is InChI=1S/C24H25BrF3N3O4S/c1-15(2)29-14-21-30(36(34,35)19-5-3-4-17(13-19)24(26,27)28)11-10-22(32)31(21)20(23(29)33)12-16-6-8-18(25)9-7-16/h3-9,13,15,20-21H,10-12,14H2,1-2H3/t20-,21+/m0/s1. The maximum Gasteiger partial charge on any atom is 0.416 e. The number of hydrogen-bond acceptors (Lipinski definition) is 4. The van der Waals surface area contributed by atoms with Crippen LogP contribution in [0, 0.1) is 0 Å². The quantitative estimate of drug-likeness (QED) is 0.532. The molecule has 2 saturated heterocycles. The molecule has 36 heavy (non-hydrogen) atoms. The lowest BCUT2D eigenvalue weighted by atomic mass is 9.97. The fourth-order valence-electron chi connectivity index (χ4n) is 4.67. The SMILES string of the molecule is CC(C)N1C[C@H]2N(C(=O)CCN2S(=O)(=O)c2cccc(C(F)(F)F)c2)[C@@H](Cc2ccc(Br)cc2)C1=O. The largest absolute Gasteiger partial charge is 0.416 e. The third-order valence-corrected chi connectivity index (χ3v) is 8.91. The Morgan fingerprint density at radius 2 is 1.75 bits per heavy atom. The zero-order chi connectivity index (χ0) is 26.4. The first-order valence-corrected chi connectivity index (χ1v) is 13.6. The van der Waals surface area contributed by atoms with Gasteiger partial charge in [-0.05, 0) is 49.7 Å². The number of alkyl halides is 3. The summed E-state index contributed by atoms with van der Waals surface area (Å²) in [5.41, 5.74) is -0.296. The van der Waals surface area contributed by atoms with Crippen LogP contribution in [0.5, 0.6) is 0 Å². The normalized spacial score (nSPS) is 21.8. The van der Waals surface area contributed by atoms with Crippen molar-refractivity contribution < 1.29 is 31.2 Å². The number of hydrogen-bond donors (Lipinski definition) is 0. The molecule has 0 bridgehead atoms. The van der Waals surface area contributed by atoms with Crippen LogP contribution in [0.1, 0.15) is 31.4 Å². The Morgan fingerprint density at radius 3 is 2.36 bits per heavy atom. The summed E-state index contributed by atoms with van der Waals surface area (Å²) < 4.78 is 68.9. The molecule has 7 nitrogen and oxygen atoms in total. The molecule has 0 N–H and O–H groups in total. The average molecular weight is 588 g/mol. The van der Waals surface area contributed by atoms with Crippen molar-refractivity contribution >= 4 is 37.8 Å². The van der Waals surface area contributed by atoms with E-state index in [1.54, 1.807) is 13.8 Å². The molecule has 0 saturated carbocycles. The monoisotopic (exact) mass is 587 g/mol. The van der Waals surface area contributed by atoms with Crippen molar-refractivity contribution in [3.63, 3.8) is 0 Å². The minimum absolute atomic E-state index is 0.0722. The first kappa shape index (κ1) is 26.6. The average Bonchev–Trinajstić information content (AvgIpc) is 2.81. The lowest BCUT2D eigenvalue weighted by Crippen LogP contribution is -2.72. The number of fused-ring (bicyclic) bond motifs is 1. The summed E-state index contributed by atoms with van der Waals surface area (Å²) >= 11 is 3.36. The lowest BCUT2D eigenvalue weighted by Gasteiger charge is -2.52. The van der Waals surface area contributed by atoms with Crippen LogP contribution in [0.3, 0.4) is 0 Å². The van der Waals surface area contributed by atoms with Crippen LogP contribution in [-0.4, -0.2) is 65.7 Å². The van der Waals surface area contributed by atoms with E-state index in [9.17, 15) is 31.2 Å². The van der Waals surface area contributed by atoms with E-state index in [1.165, 1.54) is 9.80 Å². The number of amides is 2. The molecule has 0 aliphatic carbocycles. The van der Waals surface area contributed by atoms with Crippen molar-refractivity contribution in [1.29, 1.82) is 0 Å². The smallest absolute Gasteiger partial charge is 0.335 e. The van der Waals surface area contributed by atoms with Gasteiger partial charge in [-0.1, -0.05) is 34.1 Å². The zero-order valence-electron chi connectivity index (χ0n) is 19.6. The van der Waals surface area contributed by atoms with Gasteiger partial charge in [0.2, 0.25) is 21.8 Å². The molecule has 4 rings (SSSR count). The van der Waals surface area contributed by atoms with Gasteiger partial charge in [0.05, 0.1) is 17.0 Å². The van der Waals surface area contributed by atoms with Crippen LogP contribution in [0.15, 0.2) is 57.9 Å². The summed E-state index contributed by atoms with van der Waals surface area (Å²) in [5.74, 6) is -0.662. The van der Waals surface area contributed by atoms with Gasteiger partial charge in [0.1, 0.15) is 12.2 Å². The molecule has 2 heterocycles. The highest BCUT2D eigenvalue weighted by atomic mass is 79.9. The van der Waals surface area contributed by atoms with Gasteiger partial charge in [0, 0.05) is 29.9 Å². The van der Waals surface area contributed by atoms with E-state index in [1.807, 2.05) is 24.3 Å². The van der Waals surface area contributed by atoms with Gasteiger partial charge >= 0.3 is 6.18 Å². The van der Waals surface area contributed by atoms with E-state index in [0.717, 1.165) is 32.5 Å². The molecule has 2 atom stereocenters. The Labute approximate surface area is 216 Å². The number of sulfonamides is 1. The van der Waals surface area contributed by atoms with Crippen LogP contribution >= 0.6 is 15.9 Å². The highest BCUT2D eigenvalue weighted by Crippen LogP contribution is 2.35. The fourth-order valence-corrected chi connectivity index (χ4v) is 6.55. The highest BCUT2D eigenvalue weighted by molar-refractivity contribution is 9.10. The van der Waals surface area contributed by atoms with Crippen molar-refractivity contribution in [2.24, 2.45) is 0 Å². The van der Waals surface area contributed by atoms with Crippen molar-refractivity contribution in [3.8, 4) is 0 Å². The molecule has 2 aliphatic rings. The van der Waals surface area contributed by atoms with Gasteiger partial charge < -0.3 is 9.80 Å². The van der Waals surface area contributed by atoms with Gasteiger partial charge in [0.15, 0.2) is 0 Å². The molecule has 12 heteroatoms. The number of rotatable bonds is 5. The number of piperazine rings is 1. The summed E-state index contributed by atoms with van der Waals surface area (Å²) in [6.07, 6.45) is -5.75. The van der Waals surface area contributed by atoms with Crippen molar-refractivity contribution in [3.05, 3.63) is 64.1 Å². The molecule has 2 amide bonds. The van der Waals surface area contributed by atoms with E-state index in [-0.39, 0.29) is 43.8 Å². The second-order valence-electron chi connectivity index (χ2n) is 9.10. The van der Waals surface area contributed by atoms with Crippen molar-refractivity contribution in [2.45, 2.75) is 56.0 Å². The second kappa shape index (κ2) is 9.79. The predicted molar refractivity (Wildman–Crippen MR) is 129 cm³/mol. The van der Waals surface area contributed by atoms with Crippen LogP contribution in [0.2, 0.25) is 0 Å². The van der Waals surface area contributed by atoms with Crippen LogP contribution < -0.4 is 0 Å². The third-order valence-electron chi connectivity index (χ3n) is 6.49. The number of carbonyl (C=O) groups is 2. The molecule has 2 fully saturated rings. The van der Waals surface area contributed by atoms with E-state index in [2.05, 4.69) is 15.9 Å². The highest BCUT2D eigenvalue weighted by Gasteiger charge is 2.51. The van der Waals surface area contributed by atoms with Crippen molar-refractivity contribution in [2.75, 3.05) is 13.1 Å². The Morgan fingerprint density at radius 1 is 1.08 bits per heavy atom.